The number of piperidine rings is 1. The Kier molecular flexibility index (Phi) is 10.1. The maximum atomic E-state index is 17.0. The molecule has 4 saturated heterocycles. The molecule has 7 heterocycles. The molecule has 3 aromatic carbocycles. The van der Waals surface area contributed by atoms with Gasteiger partial charge in [0.1, 0.15) is 41.2 Å². The van der Waals surface area contributed by atoms with Crippen LogP contribution in [0.15, 0.2) is 48.7 Å². The number of hydrogen-bond acceptors (Lipinski definition) is 14. The molecule has 320 valence electrons. The molecule has 0 spiro atoms. The van der Waals surface area contributed by atoms with Crippen LogP contribution in [-0.2, 0) is 16.0 Å². The van der Waals surface area contributed by atoms with Crippen molar-refractivity contribution in [1.82, 2.24) is 35.4 Å². The molecule has 5 aliphatic heterocycles. The van der Waals surface area contributed by atoms with Gasteiger partial charge in [0.15, 0.2) is 5.82 Å². The smallest absolute Gasteiger partial charge is 0.319 e. The van der Waals surface area contributed by atoms with Crippen LogP contribution in [0.3, 0.4) is 0 Å². The Morgan fingerprint density at radius 2 is 1.71 bits per heavy atom. The Balaban J connectivity index is 0.870. The van der Waals surface area contributed by atoms with Crippen LogP contribution in [0, 0.1) is 5.82 Å². The number of benzene rings is 3. The molecule has 5 aromatic rings. The van der Waals surface area contributed by atoms with Crippen LogP contribution >= 0.6 is 0 Å². The number of hydrogen-bond donors (Lipinski definition) is 3. The monoisotopic (exact) mass is 843 g/mol. The van der Waals surface area contributed by atoms with Crippen molar-refractivity contribution in [3.05, 3.63) is 71.2 Å². The number of nitrogens with zero attached hydrogens (tertiary/aromatic N) is 7. The predicted octanol–water partition coefficient (Wildman–Crippen LogP) is 3.80. The van der Waals surface area contributed by atoms with E-state index in [0.29, 0.717) is 86.8 Å². The van der Waals surface area contributed by atoms with E-state index in [1.807, 2.05) is 25.1 Å². The number of methoxy groups -OCH3 is 1. The number of carbonyl (C=O) groups excluding carboxylic acids is 4. The van der Waals surface area contributed by atoms with E-state index in [9.17, 15) is 24.3 Å². The number of pyridine rings is 1. The number of carbonyl (C=O) groups is 4. The highest BCUT2D eigenvalue weighted by Gasteiger charge is 2.46. The summed E-state index contributed by atoms with van der Waals surface area (Å²) in [5.41, 5.74) is 2.68. The molecule has 3 N–H and O–H groups in total. The lowest BCUT2D eigenvalue weighted by Crippen LogP contribution is -2.54. The summed E-state index contributed by atoms with van der Waals surface area (Å²) in [5, 5.41) is 18.7. The van der Waals surface area contributed by atoms with Crippen LogP contribution in [0.25, 0.3) is 32.9 Å². The average Bonchev–Trinajstić information content (AvgIpc) is 3.75. The Labute approximate surface area is 356 Å². The van der Waals surface area contributed by atoms with E-state index in [2.05, 4.69) is 35.3 Å². The van der Waals surface area contributed by atoms with Crippen LogP contribution in [0.4, 0.5) is 15.9 Å². The van der Waals surface area contributed by atoms with Crippen LogP contribution in [0.2, 0.25) is 0 Å². The zero-order chi connectivity index (χ0) is 42.8. The predicted molar refractivity (Wildman–Crippen MR) is 227 cm³/mol. The van der Waals surface area contributed by atoms with Gasteiger partial charge in [-0.25, -0.2) is 4.39 Å². The van der Waals surface area contributed by atoms with Gasteiger partial charge in [0.2, 0.25) is 11.8 Å². The maximum absolute atomic E-state index is 17.0. The number of anilines is 2. The Morgan fingerprint density at radius 1 is 0.919 bits per heavy atom. The van der Waals surface area contributed by atoms with Crippen LogP contribution < -0.4 is 29.9 Å². The van der Waals surface area contributed by atoms with Crippen LogP contribution in [0.1, 0.15) is 58.9 Å². The number of aryl methyl sites for hydroxylation is 1. The summed E-state index contributed by atoms with van der Waals surface area (Å²) in [4.78, 5) is 73.1. The first-order valence-corrected chi connectivity index (χ1v) is 21.2. The number of phenols is 1. The van der Waals surface area contributed by atoms with Gasteiger partial charge >= 0.3 is 6.01 Å². The van der Waals surface area contributed by atoms with Gasteiger partial charge in [0, 0.05) is 87.8 Å². The Hall–Kier alpha value is -6.46. The number of fused-ring (bicyclic) bond motifs is 5. The number of halogens is 1. The molecule has 2 bridgehead atoms. The Bertz CT molecular complexity index is 2680. The van der Waals surface area contributed by atoms with E-state index in [0.717, 1.165) is 34.1 Å². The van der Waals surface area contributed by atoms with Crippen LogP contribution in [-0.4, -0.2) is 131 Å². The quantitative estimate of drug-likeness (QED) is 0.173. The summed E-state index contributed by atoms with van der Waals surface area (Å²) in [6.45, 7) is 6.78. The van der Waals surface area contributed by atoms with Gasteiger partial charge < -0.3 is 29.7 Å². The lowest BCUT2D eigenvalue weighted by atomic mass is 9.95. The molecule has 2 aromatic heterocycles. The van der Waals surface area contributed by atoms with Gasteiger partial charge in [-0.2, -0.15) is 9.97 Å². The summed E-state index contributed by atoms with van der Waals surface area (Å²) >= 11 is 0. The van der Waals surface area contributed by atoms with E-state index in [1.165, 1.54) is 7.11 Å². The number of imide groups is 2. The molecule has 10 rings (SSSR count). The van der Waals surface area contributed by atoms with Crippen molar-refractivity contribution in [2.24, 2.45) is 0 Å². The van der Waals surface area contributed by atoms with Crippen molar-refractivity contribution in [2.75, 3.05) is 69.3 Å². The minimum atomic E-state index is -1.07. The van der Waals surface area contributed by atoms with E-state index >= 15 is 4.39 Å². The maximum Gasteiger partial charge on any atom is 0.319 e. The first-order chi connectivity index (χ1) is 30.1. The van der Waals surface area contributed by atoms with Crippen molar-refractivity contribution in [2.45, 2.75) is 57.2 Å². The lowest BCUT2D eigenvalue weighted by Gasteiger charge is -2.36. The minimum Gasteiger partial charge on any atom is -0.508 e. The number of amides is 4. The van der Waals surface area contributed by atoms with E-state index < -0.39 is 35.5 Å². The number of piperazine rings is 2. The average molecular weight is 844 g/mol. The zero-order valence-electron chi connectivity index (χ0n) is 34.4. The molecular formula is C45H46FN9O7. The molecule has 3 unspecified atom stereocenters. The van der Waals surface area contributed by atoms with E-state index in [-0.39, 0.29) is 59.3 Å². The molecule has 3 atom stereocenters. The summed E-state index contributed by atoms with van der Waals surface area (Å²) < 4.78 is 28.9. The highest BCUT2D eigenvalue weighted by atomic mass is 19.1. The zero-order valence-corrected chi connectivity index (χ0v) is 34.4. The summed E-state index contributed by atoms with van der Waals surface area (Å²) in [7, 11) is 1.43. The second-order valence-corrected chi connectivity index (χ2v) is 16.6. The van der Waals surface area contributed by atoms with Crippen molar-refractivity contribution in [1.29, 1.82) is 0 Å². The number of rotatable bonds is 10. The topological polar surface area (TPSA) is 183 Å². The summed E-state index contributed by atoms with van der Waals surface area (Å²) in [6, 6.07) is 12.1. The summed E-state index contributed by atoms with van der Waals surface area (Å²) in [5.74, 6) is -2.09. The van der Waals surface area contributed by atoms with Gasteiger partial charge in [-0.1, -0.05) is 25.1 Å². The molecule has 4 fully saturated rings. The molecule has 5 aliphatic rings. The van der Waals surface area contributed by atoms with Crippen molar-refractivity contribution in [3.8, 4) is 28.8 Å². The fraction of sp³-hybridized carbons (Fsp3) is 0.400. The molecule has 17 heteroatoms. The number of aromatic nitrogens is 3. The van der Waals surface area contributed by atoms with Gasteiger partial charge in [-0.3, -0.25) is 39.3 Å². The fourth-order valence-corrected chi connectivity index (χ4v) is 9.84. The number of phenolic OH excluding ortho intramolecular Hbond substituents is 1. The van der Waals surface area contributed by atoms with E-state index in [1.54, 1.807) is 30.5 Å². The molecule has 0 aliphatic carbocycles. The van der Waals surface area contributed by atoms with Crippen molar-refractivity contribution < 1.29 is 38.1 Å². The second-order valence-electron chi connectivity index (χ2n) is 16.6. The molecular weight excluding hydrogens is 798 g/mol. The third-order valence-electron chi connectivity index (χ3n) is 12.9. The molecule has 0 saturated carbocycles. The summed E-state index contributed by atoms with van der Waals surface area (Å²) in [6.07, 6.45) is 4.57. The standard InChI is InChI=1S/C45H46FN9O7/c1-3-24-5-4-6-25-17-29(56)20-30(36(24)25)39-38(46)40-32(21-47-39)41(54-22-26-7-8-27(23-54)48-26)51-45(50-40)62-16-15-52-11-13-53(14-12-52)28-18-31-37(34(19-28)61-2)44(60)55(43(31)59)33-9-10-35(57)49-42(33)58/h4-6,17-21,26-27,33,48,56H,3,7-16,22-23H2,1-2H3,(H,49,57,58). The minimum absolute atomic E-state index is 0.0172. The number of nitrogens with one attached hydrogen (secondary N) is 2. The highest BCUT2D eigenvalue weighted by molar-refractivity contribution is 6.25. The lowest BCUT2D eigenvalue weighted by molar-refractivity contribution is -0.136. The van der Waals surface area contributed by atoms with Gasteiger partial charge in [-0.05, 0) is 60.2 Å². The molecule has 62 heavy (non-hydrogen) atoms. The van der Waals surface area contributed by atoms with Crippen molar-refractivity contribution >= 4 is 56.8 Å². The molecule has 4 amide bonds. The Morgan fingerprint density at radius 3 is 2.45 bits per heavy atom. The first kappa shape index (κ1) is 39.7. The third kappa shape index (κ3) is 6.88. The van der Waals surface area contributed by atoms with Crippen molar-refractivity contribution in [3.63, 3.8) is 0 Å². The number of aromatic hydroxyl groups is 1. The van der Waals surface area contributed by atoms with E-state index in [4.69, 9.17) is 14.5 Å². The molecule has 0 radical (unpaired) electrons. The largest absolute Gasteiger partial charge is 0.508 e. The van der Waals surface area contributed by atoms with Gasteiger partial charge in [0.05, 0.1) is 23.6 Å². The second kappa shape index (κ2) is 15.8. The molecule has 16 nitrogen and oxygen atoms in total. The van der Waals surface area contributed by atoms with Gasteiger partial charge in [-0.15, -0.1) is 0 Å². The normalized spacial score (nSPS) is 21.6. The van der Waals surface area contributed by atoms with Crippen LogP contribution in [0.5, 0.6) is 17.5 Å². The highest BCUT2D eigenvalue weighted by Crippen LogP contribution is 2.40. The first-order valence-electron chi connectivity index (χ1n) is 21.2. The fourth-order valence-electron chi connectivity index (χ4n) is 9.84. The van der Waals surface area contributed by atoms with Gasteiger partial charge in [0.25, 0.3) is 11.8 Å². The SMILES string of the molecule is CCc1cccc2cc(O)cc(-c3ncc4c(N5CC6CCC(C5)N6)nc(OCCN5CCN(c6cc(OC)c7c(c6)C(=O)N(C6CCC(=O)NC6=O)C7=O)CC5)nc4c3F)c12. The third-order valence-corrected chi connectivity index (χ3v) is 12.9. The number of ether oxygens (including phenoxy) is 2.